The standard InChI is InChI=1S/C16H17Br2N3O3S/c1-9(2)14(20-13(22)7-11-4-3-5-25-11)16(23)21-19-8-10-6-12(17)15(18)24-10/h3-6,8-9,14H,7H2,1-2H3,(H,20,22)(H,21,23)/b19-8+. The van der Waals surface area contributed by atoms with Crippen LogP contribution < -0.4 is 10.7 Å². The molecule has 2 amide bonds. The van der Waals surface area contributed by atoms with E-state index < -0.39 is 6.04 Å². The highest BCUT2D eigenvalue weighted by molar-refractivity contribution is 9.13. The Balaban J connectivity index is 1.91. The van der Waals surface area contributed by atoms with Gasteiger partial charge in [-0.2, -0.15) is 5.10 Å². The van der Waals surface area contributed by atoms with Crippen molar-refractivity contribution in [2.24, 2.45) is 11.0 Å². The van der Waals surface area contributed by atoms with Crippen molar-refractivity contribution < 1.29 is 14.0 Å². The zero-order valence-electron chi connectivity index (χ0n) is 13.6. The number of carbonyl (C=O) groups excluding carboxylic acids is 2. The zero-order valence-corrected chi connectivity index (χ0v) is 17.6. The summed E-state index contributed by atoms with van der Waals surface area (Å²) in [4.78, 5) is 25.4. The van der Waals surface area contributed by atoms with Gasteiger partial charge in [0.25, 0.3) is 5.91 Å². The molecule has 2 heterocycles. The van der Waals surface area contributed by atoms with Crippen molar-refractivity contribution in [2.45, 2.75) is 26.3 Å². The van der Waals surface area contributed by atoms with Gasteiger partial charge in [-0.15, -0.1) is 11.3 Å². The quantitative estimate of drug-likeness (QED) is 0.458. The van der Waals surface area contributed by atoms with Crippen LogP contribution in [0.5, 0.6) is 0 Å². The van der Waals surface area contributed by atoms with Gasteiger partial charge in [-0.05, 0) is 49.2 Å². The first-order chi connectivity index (χ1) is 11.9. The zero-order chi connectivity index (χ0) is 18.4. The first kappa shape index (κ1) is 19.9. The molecule has 0 aliphatic rings. The summed E-state index contributed by atoms with van der Waals surface area (Å²) in [6.45, 7) is 3.72. The fourth-order valence-electron chi connectivity index (χ4n) is 1.99. The van der Waals surface area contributed by atoms with Crippen LogP contribution in [0.3, 0.4) is 0 Å². The number of amides is 2. The second-order valence-corrected chi connectivity index (χ2v) is 8.16. The Morgan fingerprint density at radius 3 is 2.72 bits per heavy atom. The molecule has 9 heteroatoms. The number of nitrogens with one attached hydrogen (secondary N) is 2. The van der Waals surface area contributed by atoms with Crippen LogP contribution in [0.15, 0.2) is 42.2 Å². The minimum absolute atomic E-state index is 0.0746. The molecule has 1 unspecified atom stereocenters. The molecular formula is C16H17Br2N3O3S. The maximum absolute atomic E-state index is 12.3. The fraction of sp³-hybridized carbons (Fsp3) is 0.312. The van der Waals surface area contributed by atoms with E-state index in [2.05, 4.69) is 47.7 Å². The number of furan rings is 1. The van der Waals surface area contributed by atoms with Gasteiger partial charge < -0.3 is 9.73 Å². The molecular weight excluding hydrogens is 474 g/mol. The Labute approximate surface area is 166 Å². The summed E-state index contributed by atoms with van der Waals surface area (Å²) in [5.41, 5.74) is 2.43. The number of hydrazone groups is 1. The Morgan fingerprint density at radius 1 is 1.40 bits per heavy atom. The first-order valence-electron chi connectivity index (χ1n) is 7.46. The van der Waals surface area contributed by atoms with E-state index in [1.165, 1.54) is 17.6 Å². The van der Waals surface area contributed by atoms with Crippen molar-refractivity contribution in [3.63, 3.8) is 0 Å². The monoisotopic (exact) mass is 489 g/mol. The van der Waals surface area contributed by atoms with Crippen molar-refractivity contribution in [2.75, 3.05) is 0 Å². The van der Waals surface area contributed by atoms with Crippen LogP contribution in [0.25, 0.3) is 0 Å². The lowest BCUT2D eigenvalue weighted by atomic mass is 10.0. The number of carbonyl (C=O) groups is 2. The third-order valence-corrected chi connectivity index (χ3v) is 5.80. The predicted molar refractivity (Wildman–Crippen MR) is 105 cm³/mol. The average molecular weight is 491 g/mol. The minimum Gasteiger partial charge on any atom is -0.447 e. The third kappa shape index (κ3) is 6.09. The normalized spacial score (nSPS) is 12.5. The molecule has 2 aromatic heterocycles. The van der Waals surface area contributed by atoms with Gasteiger partial charge in [-0.3, -0.25) is 9.59 Å². The number of thiophene rings is 1. The molecule has 0 saturated heterocycles. The molecule has 2 rings (SSSR count). The first-order valence-corrected chi connectivity index (χ1v) is 9.93. The van der Waals surface area contributed by atoms with Crippen LogP contribution >= 0.6 is 43.2 Å². The number of nitrogens with zero attached hydrogens (tertiary/aromatic N) is 1. The van der Waals surface area contributed by atoms with Crippen LogP contribution in [-0.2, 0) is 16.0 Å². The maximum atomic E-state index is 12.3. The van der Waals surface area contributed by atoms with Crippen LogP contribution in [-0.4, -0.2) is 24.1 Å². The van der Waals surface area contributed by atoms with Gasteiger partial charge in [0.2, 0.25) is 5.91 Å². The van der Waals surface area contributed by atoms with E-state index in [1.54, 1.807) is 6.07 Å². The summed E-state index contributed by atoms with van der Waals surface area (Å²) >= 11 is 8.02. The Morgan fingerprint density at radius 2 is 2.16 bits per heavy atom. The summed E-state index contributed by atoms with van der Waals surface area (Å²) in [6, 6.07) is 4.82. The molecule has 2 aromatic rings. The van der Waals surface area contributed by atoms with Gasteiger partial charge in [0.15, 0.2) is 4.67 Å². The maximum Gasteiger partial charge on any atom is 0.262 e. The average Bonchev–Trinajstić information content (AvgIpc) is 3.15. The summed E-state index contributed by atoms with van der Waals surface area (Å²) < 4.78 is 6.62. The van der Waals surface area contributed by atoms with Crippen molar-refractivity contribution in [3.05, 3.63) is 43.4 Å². The third-order valence-electron chi connectivity index (χ3n) is 3.21. The van der Waals surface area contributed by atoms with Crippen LogP contribution in [0.4, 0.5) is 0 Å². The molecule has 0 aliphatic heterocycles. The molecule has 0 radical (unpaired) electrons. The van der Waals surface area contributed by atoms with Gasteiger partial charge in [0.1, 0.15) is 11.8 Å². The molecule has 1 atom stereocenters. The molecule has 0 fully saturated rings. The second kappa shape index (κ2) is 9.30. The molecule has 2 N–H and O–H groups in total. The number of hydrogen-bond acceptors (Lipinski definition) is 5. The molecule has 0 bridgehead atoms. The van der Waals surface area contributed by atoms with E-state index in [0.29, 0.717) is 10.4 Å². The number of halogens is 2. The van der Waals surface area contributed by atoms with Crippen molar-refractivity contribution >= 4 is 61.2 Å². The lowest BCUT2D eigenvalue weighted by molar-refractivity contribution is -0.129. The van der Waals surface area contributed by atoms with Gasteiger partial charge in [0, 0.05) is 10.9 Å². The smallest absolute Gasteiger partial charge is 0.262 e. The molecule has 6 nitrogen and oxygen atoms in total. The molecule has 0 spiro atoms. The van der Waals surface area contributed by atoms with E-state index >= 15 is 0 Å². The van der Waals surface area contributed by atoms with Crippen molar-refractivity contribution in [3.8, 4) is 0 Å². The van der Waals surface area contributed by atoms with Crippen molar-refractivity contribution in [1.29, 1.82) is 0 Å². The highest BCUT2D eigenvalue weighted by Gasteiger charge is 2.24. The topological polar surface area (TPSA) is 83.7 Å². The van der Waals surface area contributed by atoms with E-state index in [9.17, 15) is 9.59 Å². The highest BCUT2D eigenvalue weighted by atomic mass is 79.9. The minimum atomic E-state index is -0.667. The van der Waals surface area contributed by atoms with E-state index in [-0.39, 0.29) is 24.2 Å². The van der Waals surface area contributed by atoms with Crippen molar-refractivity contribution in [1.82, 2.24) is 10.7 Å². The molecule has 0 saturated carbocycles. The molecule has 134 valence electrons. The van der Waals surface area contributed by atoms with Crippen LogP contribution in [0.2, 0.25) is 0 Å². The largest absolute Gasteiger partial charge is 0.447 e. The van der Waals surface area contributed by atoms with Gasteiger partial charge >= 0.3 is 0 Å². The molecule has 0 aliphatic carbocycles. The summed E-state index contributed by atoms with van der Waals surface area (Å²) in [5, 5.41) is 8.54. The SMILES string of the molecule is CC(C)C(NC(=O)Cc1cccs1)C(=O)N/N=C/c1cc(Br)c(Br)o1. The summed E-state index contributed by atoms with van der Waals surface area (Å²) in [7, 11) is 0. The lowest BCUT2D eigenvalue weighted by Gasteiger charge is -2.20. The number of rotatable bonds is 7. The Bertz CT molecular complexity index is 737. The molecule has 0 aromatic carbocycles. The van der Waals surface area contributed by atoms with Crippen LogP contribution in [0.1, 0.15) is 24.5 Å². The lowest BCUT2D eigenvalue weighted by Crippen LogP contribution is -2.49. The molecule has 25 heavy (non-hydrogen) atoms. The van der Waals surface area contributed by atoms with Gasteiger partial charge in [0.05, 0.1) is 17.1 Å². The highest BCUT2D eigenvalue weighted by Crippen LogP contribution is 2.25. The van der Waals surface area contributed by atoms with E-state index in [0.717, 1.165) is 9.35 Å². The van der Waals surface area contributed by atoms with E-state index in [4.69, 9.17) is 4.42 Å². The van der Waals surface area contributed by atoms with Gasteiger partial charge in [-0.1, -0.05) is 19.9 Å². The summed E-state index contributed by atoms with van der Waals surface area (Å²) in [6.07, 6.45) is 1.64. The predicted octanol–water partition coefficient (Wildman–Crippen LogP) is 3.70. The Hall–Kier alpha value is -1.45. The second-order valence-electron chi connectivity index (χ2n) is 5.55. The fourth-order valence-corrected chi connectivity index (χ4v) is 3.30. The summed E-state index contributed by atoms with van der Waals surface area (Å²) in [5.74, 6) is -0.175. The number of hydrogen-bond donors (Lipinski definition) is 2. The van der Waals surface area contributed by atoms with Gasteiger partial charge in [-0.25, -0.2) is 5.43 Å². The van der Waals surface area contributed by atoms with Crippen LogP contribution in [0, 0.1) is 5.92 Å². The Kier molecular flexibility index (Phi) is 7.39. The van der Waals surface area contributed by atoms with E-state index in [1.807, 2.05) is 31.4 Å².